The molecule has 2 unspecified atom stereocenters. The molecule has 1 aromatic carbocycles. The van der Waals surface area contributed by atoms with Crippen molar-refractivity contribution in [3.8, 4) is 5.75 Å². The van der Waals surface area contributed by atoms with E-state index in [1.165, 1.54) is 12.1 Å². The molecule has 1 aliphatic rings. The van der Waals surface area contributed by atoms with Crippen molar-refractivity contribution in [1.82, 2.24) is 0 Å². The Labute approximate surface area is 87.1 Å². The Morgan fingerprint density at radius 3 is 3.07 bits per heavy atom. The number of aliphatic hydroxyl groups excluding tert-OH is 2. The molecule has 0 saturated carbocycles. The summed E-state index contributed by atoms with van der Waals surface area (Å²) in [6.07, 6.45) is -0.0105. The molecule has 2 rings (SSSR count). The van der Waals surface area contributed by atoms with Crippen LogP contribution in [0.25, 0.3) is 0 Å². The van der Waals surface area contributed by atoms with E-state index in [4.69, 9.17) is 9.84 Å². The van der Waals surface area contributed by atoms with Crippen LogP contribution in [-0.4, -0.2) is 29.0 Å². The number of rotatable bonds is 2. The number of benzene rings is 1. The molecule has 1 heterocycles. The summed E-state index contributed by atoms with van der Waals surface area (Å²) in [6.45, 7) is -0.318. The average Bonchev–Trinajstić information content (AvgIpc) is 2.27. The third kappa shape index (κ3) is 2.11. The normalized spacial score (nSPS) is 21.7. The fraction of sp³-hybridized carbons (Fsp3) is 0.455. The average molecular weight is 212 g/mol. The van der Waals surface area contributed by atoms with Crippen molar-refractivity contribution in [2.24, 2.45) is 0 Å². The predicted octanol–water partition coefficient (Wildman–Crippen LogP) is 0.872. The molecule has 15 heavy (non-hydrogen) atoms. The fourth-order valence-electron chi connectivity index (χ4n) is 1.77. The van der Waals surface area contributed by atoms with E-state index in [2.05, 4.69) is 0 Å². The van der Waals surface area contributed by atoms with Crippen LogP contribution in [-0.2, 0) is 6.42 Å². The van der Waals surface area contributed by atoms with Crippen LogP contribution in [0.2, 0.25) is 0 Å². The monoisotopic (exact) mass is 212 g/mol. The van der Waals surface area contributed by atoms with Crippen LogP contribution in [0.3, 0.4) is 0 Å². The van der Waals surface area contributed by atoms with E-state index < -0.39 is 12.2 Å². The van der Waals surface area contributed by atoms with Crippen LogP contribution in [0.15, 0.2) is 18.2 Å². The molecule has 1 aliphatic heterocycles. The minimum absolute atomic E-state index is 0.279. The summed E-state index contributed by atoms with van der Waals surface area (Å²) in [4.78, 5) is 0. The molecule has 3 nitrogen and oxygen atoms in total. The van der Waals surface area contributed by atoms with Gasteiger partial charge in [0.1, 0.15) is 23.8 Å². The van der Waals surface area contributed by atoms with Crippen molar-refractivity contribution in [2.45, 2.75) is 25.0 Å². The van der Waals surface area contributed by atoms with Gasteiger partial charge < -0.3 is 14.9 Å². The maximum absolute atomic E-state index is 12.9. The van der Waals surface area contributed by atoms with E-state index in [0.29, 0.717) is 18.6 Å². The van der Waals surface area contributed by atoms with Crippen molar-refractivity contribution in [3.05, 3.63) is 29.6 Å². The van der Waals surface area contributed by atoms with E-state index in [0.717, 1.165) is 5.56 Å². The molecule has 0 aliphatic carbocycles. The van der Waals surface area contributed by atoms with Crippen molar-refractivity contribution >= 4 is 0 Å². The first-order chi connectivity index (χ1) is 7.20. The van der Waals surface area contributed by atoms with Crippen molar-refractivity contribution in [2.75, 3.05) is 6.61 Å². The van der Waals surface area contributed by atoms with Gasteiger partial charge in [-0.25, -0.2) is 4.39 Å². The van der Waals surface area contributed by atoms with Crippen LogP contribution in [0, 0.1) is 5.82 Å². The van der Waals surface area contributed by atoms with Crippen LogP contribution >= 0.6 is 0 Å². The molecule has 0 radical (unpaired) electrons. The van der Waals surface area contributed by atoms with Gasteiger partial charge in [0, 0.05) is 0 Å². The van der Waals surface area contributed by atoms with Crippen LogP contribution in [0.1, 0.15) is 12.0 Å². The Balaban J connectivity index is 2.16. The van der Waals surface area contributed by atoms with Gasteiger partial charge in [0.15, 0.2) is 0 Å². The summed E-state index contributed by atoms with van der Waals surface area (Å²) in [6, 6.07) is 4.32. The molecule has 4 heteroatoms. The van der Waals surface area contributed by atoms with Crippen LogP contribution in [0.5, 0.6) is 5.75 Å². The molecular weight excluding hydrogens is 199 g/mol. The Morgan fingerprint density at radius 2 is 2.33 bits per heavy atom. The van der Waals surface area contributed by atoms with Gasteiger partial charge in [-0.05, 0) is 36.6 Å². The Hall–Kier alpha value is -1.13. The van der Waals surface area contributed by atoms with Gasteiger partial charge in [-0.15, -0.1) is 0 Å². The lowest BCUT2D eigenvalue weighted by Gasteiger charge is -2.28. The maximum Gasteiger partial charge on any atom is 0.127 e. The van der Waals surface area contributed by atoms with Gasteiger partial charge >= 0.3 is 0 Å². The van der Waals surface area contributed by atoms with Gasteiger partial charge in [-0.1, -0.05) is 0 Å². The number of fused-ring (bicyclic) bond motifs is 1. The highest BCUT2D eigenvalue weighted by Gasteiger charge is 2.25. The van der Waals surface area contributed by atoms with Crippen molar-refractivity contribution < 1.29 is 19.3 Å². The molecule has 0 aromatic heterocycles. The minimum Gasteiger partial charge on any atom is -0.487 e. The molecular formula is C11H13FO3. The summed E-state index contributed by atoms with van der Waals surface area (Å²) in [5, 5.41) is 18.2. The first kappa shape index (κ1) is 10.4. The second-order valence-corrected chi connectivity index (χ2v) is 3.70. The predicted molar refractivity (Wildman–Crippen MR) is 52.2 cm³/mol. The van der Waals surface area contributed by atoms with E-state index >= 15 is 0 Å². The zero-order valence-electron chi connectivity index (χ0n) is 8.19. The molecule has 0 saturated heterocycles. The second-order valence-electron chi connectivity index (χ2n) is 3.70. The van der Waals surface area contributed by atoms with E-state index in [9.17, 15) is 9.50 Å². The summed E-state index contributed by atoms with van der Waals surface area (Å²) in [5.74, 6) is 0.318. The highest BCUT2D eigenvalue weighted by Crippen LogP contribution is 2.29. The molecule has 2 atom stereocenters. The highest BCUT2D eigenvalue weighted by molar-refractivity contribution is 5.35. The zero-order valence-corrected chi connectivity index (χ0v) is 8.19. The smallest absolute Gasteiger partial charge is 0.127 e. The molecule has 2 N–H and O–H groups in total. The topological polar surface area (TPSA) is 49.7 Å². The van der Waals surface area contributed by atoms with Gasteiger partial charge in [0.25, 0.3) is 0 Å². The second kappa shape index (κ2) is 4.16. The number of hydrogen-bond acceptors (Lipinski definition) is 3. The molecule has 1 aromatic rings. The van der Waals surface area contributed by atoms with Crippen molar-refractivity contribution in [1.29, 1.82) is 0 Å². The number of halogens is 1. The Kier molecular flexibility index (Phi) is 2.88. The SMILES string of the molecule is OCC(O)C1CCc2cc(F)ccc2O1. The highest BCUT2D eigenvalue weighted by atomic mass is 19.1. The number of aryl methyl sites for hydroxylation is 1. The minimum atomic E-state index is -0.872. The standard InChI is InChI=1S/C11H13FO3/c12-8-2-4-10-7(5-8)1-3-11(15-10)9(14)6-13/h2,4-5,9,11,13-14H,1,3,6H2. The first-order valence-electron chi connectivity index (χ1n) is 4.94. The lowest BCUT2D eigenvalue weighted by Crippen LogP contribution is -2.37. The summed E-state index contributed by atoms with van der Waals surface area (Å²) in [5.41, 5.74) is 0.816. The quantitative estimate of drug-likeness (QED) is 0.764. The van der Waals surface area contributed by atoms with Crippen LogP contribution < -0.4 is 4.74 Å². The molecule has 0 amide bonds. The number of hydrogen-bond donors (Lipinski definition) is 2. The number of ether oxygens (including phenoxy) is 1. The van der Waals surface area contributed by atoms with Crippen LogP contribution in [0.4, 0.5) is 4.39 Å². The van der Waals surface area contributed by atoms with E-state index in [1.54, 1.807) is 6.07 Å². The van der Waals surface area contributed by atoms with Gasteiger partial charge in [0.05, 0.1) is 6.61 Å². The summed E-state index contributed by atoms with van der Waals surface area (Å²) in [7, 11) is 0. The third-order valence-corrected chi connectivity index (χ3v) is 2.62. The lowest BCUT2D eigenvalue weighted by atomic mass is 9.99. The third-order valence-electron chi connectivity index (χ3n) is 2.62. The molecule has 82 valence electrons. The summed E-state index contributed by atoms with van der Waals surface area (Å²) >= 11 is 0. The lowest BCUT2D eigenvalue weighted by molar-refractivity contribution is -0.00965. The zero-order chi connectivity index (χ0) is 10.8. The van der Waals surface area contributed by atoms with E-state index in [-0.39, 0.29) is 12.4 Å². The molecule has 0 fully saturated rings. The Morgan fingerprint density at radius 1 is 1.53 bits per heavy atom. The van der Waals surface area contributed by atoms with Crippen molar-refractivity contribution in [3.63, 3.8) is 0 Å². The molecule has 0 bridgehead atoms. The maximum atomic E-state index is 12.9. The fourth-order valence-corrected chi connectivity index (χ4v) is 1.77. The van der Waals surface area contributed by atoms with Gasteiger partial charge in [-0.2, -0.15) is 0 Å². The number of aliphatic hydroxyl groups is 2. The first-order valence-corrected chi connectivity index (χ1v) is 4.94. The Bertz CT molecular complexity index is 354. The van der Waals surface area contributed by atoms with E-state index in [1.807, 2.05) is 0 Å². The molecule has 0 spiro atoms. The van der Waals surface area contributed by atoms with Gasteiger partial charge in [0.2, 0.25) is 0 Å². The summed E-state index contributed by atoms with van der Waals surface area (Å²) < 4.78 is 18.3. The van der Waals surface area contributed by atoms with Gasteiger partial charge in [-0.3, -0.25) is 0 Å². The largest absolute Gasteiger partial charge is 0.487 e.